The molecule has 1 aliphatic carbocycles. The van der Waals surface area contributed by atoms with Crippen LogP contribution in [-0.4, -0.2) is 18.9 Å². The van der Waals surface area contributed by atoms with Gasteiger partial charge >= 0.3 is 5.97 Å². The van der Waals surface area contributed by atoms with Crippen LogP contribution in [0.5, 0.6) is 0 Å². The molecule has 0 N–H and O–H groups in total. The molecule has 0 spiro atoms. The molecule has 96 valence electrons. The van der Waals surface area contributed by atoms with Gasteiger partial charge in [0.25, 0.3) is 0 Å². The predicted molar refractivity (Wildman–Crippen MR) is 63.5 cm³/mol. The summed E-state index contributed by atoms with van der Waals surface area (Å²) in [6.45, 7) is 0. The number of hydrogen-bond donors (Lipinski definition) is 0. The summed E-state index contributed by atoms with van der Waals surface area (Å²) in [6.07, 6.45) is 1.28. The molecule has 0 bridgehead atoms. The predicted octanol–water partition coefficient (Wildman–Crippen LogP) is 2.45. The molecule has 4 heteroatoms. The minimum Gasteiger partial charge on any atom is -0.468 e. The van der Waals surface area contributed by atoms with Crippen molar-refractivity contribution in [1.82, 2.24) is 0 Å². The number of hydrogen-bond acceptors (Lipinski definition) is 3. The van der Waals surface area contributed by atoms with E-state index in [0.29, 0.717) is 18.4 Å². The zero-order valence-corrected chi connectivity index (χ0v) is 10.2. The molecule has 0 radical (unpaired) electrons. The first kappa shape index (κ1) is 12.7. The number of esters is 1. The van der Waals surface area contributed by atoms with Gasteiger partial charge in [-0.15, -0.1) is 0 Å². The average Bonchev–Trinajstić information content (AvgIpc) is 2.38. The summed E-state index contributed by atoms with van der Waals surface area (Å²) >= 11 is 0. The molecule has 0 amide bonds. The van der Waals surface area contributed by atoms with Crippen molar-refractivity contribution in [3.63, 3.8) is 0 Å². The van der Waals surface area contributed by atoms with Gasteiger partial charge in [-0.1, -0.05) is 18.2 Å². The molecule has 2 rings (SSSR count). The Hall–Kier alpha value is -1.71. The smallest absolute Gasteiger partial charge is 0.316 e. The van der Waals surface area contributed by atoms with E-state index < -0.39 is 11.9 Å². The maximum absolute atomic E-state index is 13.6. The average molecular weight is 250 g/mol. The van der Waals surface area contributed by atoms with Crippen molar-refractivity contribution in [1.29, 1.82) is 0 Å². The van der Waals surface area contributed by atoms with Gasteiger partial charge in [0.1, 0.15) is 17.5 Å². The van der Waals surface area contributed by atoms with Crippen LogP contribution >= 0.6 is 0 Å². The highest BCUT2D eigenvalue weighted by atomic mass is 19.1. The van der Waals surface area contributed by atoms with Crippen LogP contribution in [0.25, 0.3) is 0 Å². The lowest BCUT2D eigenvalue weighted by atomic mass is 9.77. The van der Waals surface area contributed by atoms with E-state index in [4.69, 9.17) is 0 Å². The van der Waals surface area contributed by atoms with E-state index in [1.54, 1.807) is 18.2 Å². The van der Waals surface area contributed by atoms with Crippen molar-refractivity contribution in [2.24, 2.45) is 5.92 Å². The number of ether oxygens (including phenoxy) is 1. The second-order valence-electron chi connectivity index (χ2n) is 4.54. The normalized spacial score (nSPS) is 23.8. The fourth-order valence-electron chi connectivity index (χ4n) is 2.48. The fraction of sp³-hybridized carbons (Fsp3) is 0.429. The van der Waals surface area contributed by atoms with Gasteiger partial charge in [0.15, 0.2) is 0 Å². The summed E-state index contributed by atoms with van der Waals surface area (Å²) in [4.78, 5) is 23.2. The topological polar surface area (TPSA) is 43.4 Å². The van der Waals surface area contributed by atoms with E-state index in [0.717, 1.165) is 0 Å². The summed E-state index contributed by atoms with van der Waals surface area (Å²) in [5.74, 6) is -1.71. The lowest BCUT2D eigenvalue weighted by molar-refractivity contribution is -0.150. The number of halogens is 1. The van der Waals surface area contributed by atoms with Crippen LogP contribution in [0.2, 0.25) is 0 Å². The van der Waals surface area contributed by atoms with Crippen LogP contribution < -0.4 is 0 Å². The summed E-state index contributed by atoms with van der Waals surface area (Å²) in [6, 6.07) is 6.48. The number of Topliss-reactive ketones (excluding diaryl/α,β-unsaturated/α-hetero) is 1. The molecule has 0 aromatic heterocycles. The Bertz CT molecular complexity index is 470. The molecule has 1 aromatic rings. The quantitative estimate of drug-likeness (QED) is 0.598. The first-order valence-corrected chi connectivity index (χ1v) is 5.98. The number of rotatable bonds is 2. The molecule has 2 atom stereocenters. The van der Waals surface area contributed by atoms with Crippen molar-refractivity contribution in [2.45, 2.75) is 25.2 Å². The Morgan fingerprint density at radius 3 is 2.67 bits per heavy atom. The van der Waals surface area contributed by atoms with Gasteiger partial charge in [-0.3, -0.25) is 9.59 Å². The maximum Gasteiger partial charge on any atom is 0.316 e. The number of carbonyl (C=O) groups is 2. The Labute approximate surface area is 105 Å². The fourth-order valence-corrected chi connectivity index (χ4v) is 2.48. The summed E-state index contributed by atoms with van der Waals surface area (Å²) in [5, 5.41) is 0. The molecule has 1 saturated carbocycles. The molecular formula is C14H15FO3. The van der Waals surface area contributed by atoms with E-state index in [1.165, 1.54) is 13.2 Å². The molecule has 18 heavy (non-hydrogen) atoms. The van der Waals surface area contributed by atoms with Gasteiger partial charge in [-0.25, -0.2) is 4.39 Å². The molecule has 0 heterocycles. The Morgan fingerprint density at radius 2 is 2.06 bits per heavy atom. The highest BCUT2D eigenvalue weighted by Gasteiger charge is 2.35. The van der Waals surface area contributed by atoms with Gasteiger partial charge in [0.05, 0.1) is 7.11 Å². The highest BCUT2D eigenvalue weighted by molar-refractivity contribution is 5.99. The van der Waals surface area contributed by atoms with E-state index in [9.17, 15) is 14.0 Å². The second kappa shape index (κ2) is 5.29. The van der Waals surface area contributed by atoms with Crippen LogP contribution in [-0.2, 0) is 14.3 Å². The van der Waals surface area contributed by atoms with Gasteiger partial charge in [0, 0.05) is 6.42 Å². The lowest BCUT2D eigenvalue weighted by Gasteiger charge is -2.26. The van der Waals surface area contributed by atoms with E-state index in [2.05, 4.69) is 4.74 Å². The van der Waals surface area contributed by atoms with Crippen molar-refractivity contribution < 1.29 is 18.7 Å². The van der Waals surface area contributed by atoms with E-state index in [1.807, 2.05) is 0 Å². The molecular weight excluding hydrogens is 235 g/mol. The molecule has 1 fully saturated rings. The summed E-state index contributed by atoms with van der Waals surface area (Å²) in [5.41, 5.74) is 0.564. The minimum atomic E-state index is -0.668. The number of benzene rings is 1. The number of methoxy groups -OCH3 is 1. The van der Waals surface area contributed by atoms with Gasteiger partial charge < -0.3 is 4.74 Å². The monoisotopic (exact) mass is 250 g/mol. The van der Waals surface area contributed by atoms with Crippen molar-refractivity contribution >= 4 is 11.8 Å². The minimum absolute atomic E-state index is 0.125. The SMILES string of the molecule is COC(=O)C1CCC(c2ccccc2F)CC1=O. The molecule has 1 aromatic carbocycles. The van der Waals surface area contributed by atoms with E-state index in [-0.39, 0.29) is 23.9 Å². The third-order valence-electron chi connectivity index (χ3n) is 3.47. The van der Waals surface area contributed by atoms with Crippen molar-refractivity contribution in [2.75, 3.05) is 7.11 Å². The first-order valence-electron chi connectivity index (χ1n) is 5.98. The second-order valence-corrected chi connectivity index (χ2v) is 4.54. The third kappa shape index (κ3) is 2.42. The number of ketones is 1. The Kier molecular flexibility index (Phi) is 3.75. The standard InChI is InChI=1S/C14H15FO3/c1-18-14(17)11-7-6-9(8-13(11)16)10-4-2-3-5-12(10)15/h2-5,9,11H,6-8H2,1H3. The Morgan fingerprint density at radius 1 is 1.33 bits per heavy atom. The largest absolute Gasteiger partial charge is 0.468 e. The van der Waals surface area contributed by atoms with Crippen LogP contribution in [0.15, 0.2) is 24.3 Å². The van der Waals surface area contributed by atoms with Gasteiger partial charge in [0.2, 0.25) is 0 Å². The van der Waals surface area contributed by atoms with Crippen molar-refractivity contribution in [3.05, 3.63) is 35.6 Å². The highest BCUT2D eigenvalue weighted by Crippen LogP contribution is 2.35. The molecule has 2 unspecified atom stereocenters. The Balaban J connectivity index is 2.11. The molecule has 0 aliphatic heterocycles. The third-order valence-corrected chi connectivity index (χ3v) is 3.47. The first-order chi connectivity index (χ1) is 8.63. The molecule has 1 aliphatic rings. The summed E-state index contributed by atoms with van der Waals surface area (Å²) < 4.78 is 18.2. The van der Waals surface area contributed by atoms with Crippen molar-refractivity contribution in [3.8, 4) is 0 Å². The van der Waals surface area contributed by atoms with Gasteiger partial charge in [-0.2, -0.15) is 0 Å². The zero-order chi connectivity index (χ0) is 13.1. The molecule has 0 saturated heterocycles. The lowest BCUT2D eigenvalue weighted by Crippen LogP contribution is -2.31. The van der Waals surface area contributed by atoms with Crippen LogP contribution in [0.1, 0.15) is 30.7 Å². The van der Waals surface area contributed by atoms with E-state index >= 15 is 0 Å². The summed E-state index contributed by atoms with van der Waals surface area (Å²) in [7, 11) is 1.28. The van der Waals surface area contributed by atoms with Crippen LogP contribution in [0, 0.1) is 11.7 Å². The zero-order valence-electron chi connectivity index (χ0n) is 10.2. The molecule has 3 nitrogen and oxygen atoms in total. The number of carbonyl (C=O) groups excluding carboxylic acids is 2. The van der Waals surface area contributed by atoms with Crippen LogP contribution in [0.3, 0.4) is 0 Å². The maximum atomic E-state index is 13.6. The van der Waals surface area contributed by atoms with Crippen LogP contribution in [0.4, 0.5) is 4.39 Å². The van der Waals surface area contributed by atoms with Gasteiger partial charge in [-0.05, 0) is 30.4 Å².